The van der Waals surface area contributed by atoms with E-state index in [0.717, 1.165) is 17.7 Å². The van der Waals surface area contributed by atoms with E-state index in [1.165, 1.54) is 5.56 Å². The maximum absolute atomic E-state index is 12.3. The summed E-state index contributed by atoms with van der Waals surface area (Å²) in [5.74, 6) is 0.957. The molecular formula is C17H25NO2. The third-order valence-corrected chi connectivity index (χ3v) is 3.61. The van der Waals surface area contributed by atoms with Crippen LogP contribution in [0.4, 0.5) is 0 Å². The lowest BCUT2D eigenvalue weighted by Gasteiger charge is -2.39. The van der Waals surface area contributed by atoms with Crippen molar-refractivity contribution in [1.29, 1.82) is 0 Å². The van der Waals surface area contributed by atoms with Gasteiger partial charge >= 0.3 is 0 Å². The summed E-state index contributed by atoms with van der Waals surface area (Å²) in [4.78, 5) is 12.3. The van der Waals surface area contributed by atoms with E-state index in [1.54, 1.807) is 0 Å². The predicted molar refractivity (Wildman–Crippen MR) is 80.8 cm³/mol. The van der Waals surface area contributed by atoms with Crippen molar-refractivity contribution in [2.24, 2.45) is 5.41 Å². The van der Waals surface area contributed by atoms with Crippen LogP contribution in [0.1, 0.15) is 58.2 Å². The molecule has 1 atom stereocenters. The Kier molecular flexibility index (Phi) is 3.57. The highest BCUT2D eigenvalue weighted by molar-refractivity contribution is 5.82. The fourth-order valence-electron chi connectivity index (χ4n) is 2.48. The van der Waals surface area contributed by atoms with Crippen LogP contribution < -0.4 is 10.1 Å². The fourth-order valence-corrected chi connectivity index (χ4v) is 2.48. The molecule has 0 fully saturated rings. The fraction of sp³-hybridized carbons (Fsp3) is 0.588. The van der Waals surface area contributed by atoms with E-state index in [-0.39, 0.29) is 23.0 Å². The third-order valence-electron chi connectivity index (χ3n) is 3.61. The number of ether oxygens (including phenoxy) is 1. The average molecular weight is 275 g/mol. The van der Waals surface area contributed by atoms with Gasteiger partial charge in [-0.3, -0.25) is 4.79 Å². The monoisotopic (exact) mass is 275 g/mol. The summed E-state index contributed by atoms with van der Waals surface area (Å²) in [5, 5.41) is 3.18. The first kappa shape index (κ1) is 14.9. The average Bonchev–Trinajstić information content (AvgIpc) is 2.27. The number of hydrogen-bond donors (Lipinski definition) is 1. The zero-order valence-corrected chi connectivity index (χ0v) is 13.3. The van der Waals surface area contributed by atoms with Gasteiger partial charge in [0.05, 0.1) is 6.04 Å². The maximum Gasteiger partial charge on any atom is 0.225 e. The van der Waals surface area contributed by atoms with Crippen LogP contribution in [0.3, 0.4) is 0 Å². The molecule has 1 aliphatic heterocycles. The molecule has 0 spiro atoms. The Morgan fingerprint density at radius 2 is 2.00 bits per heavy atom. The Balaban J connectivity index is 2.34. The van der Waals surface area contributed by atoms with E-state index in [1.807, 2.05) is 32.9 Å². The minimum absolute atomic E-state index is 0.0142. The first-order valence-electron chi connectivity index (χ1n) is 7.19. The maximum atomic E-state index is 12.3. The Hall–Kier alpha value is -1.51. The predicted octanol–water partition coefficient (Wildman–Crippen LogP) is 3.76. The summed E-state index contributed by atoms with van der Waals surface area (Å²) in [7, 11) is 0. The van der Waals surface area contributed by atoms with Gasteiger partial charge in [0.1, 0.15) is 11.4 Å². The van der Waals surface area contributed by atoms with Crippen molar-refractivity contribution in [3.8, 4) is 5.75 Å². The summed E-state index contributed by atoms with van der Waals surface area (Å²) in [6.07, 6.45) is 0.783. The molecule has 3 heteroatoms. The van der Waals surface area contributed by atoms with E-state index in [2.05, 4.69) is 32.2 Å². The van der Waals surface area contributed by atoms with E-state index < -0.39 is 0 Å². The number of rotatable bonds is 1. The molecule has 0 radical (unpaired) electrons. The Morgan fingerprint density at radius 1 is 1.35 bits per heavy atom. The molecule has 20 heavy (non-hydrogen) atoms. The molecule has 1 aliphatic rings. The van der Waals surface area contributed by atoms with Crippen LogP contribution >= 0.6 is 0 Å². The SMILES string of the molecule is Cc1ccc2c(c1)[C@@H](NC(=O)C(C)(C)C)CC(C)(C)O2. The smallest absolute Gasteiger partial charge is 0.225 e. The number of benzene rings is 1. The first-order chi connectivity index (χ1) is 9.08. The van der Waals surface area contributed by atoms with Crippen molar-refractivity contribution in [2.75, 3.05) is 0 Å². The van der Waals surface area contributed by atoms with Gasteiger partial charge in [0.2, 0.25) is 5.91 Å². The Morgan fingerprint density at radius 3 is 2.60 bits per heavy atom. The second-order valence-corrected chi connectivity index (χ2v) is 7.38. The van der Waals surface area contributed by atoms with Crippen LogP contribution in [0.25, 0.3) is 0 Å². The standard InChI is InChI=1S/C17H25NO2/c1-11-7-8-14-12(9-11)13(10-17(5,6)20-14)18-15(19)16(2,3)4/h7-9,13H,10H2,1-6H3,(H,18,19)/t13-/m0/s1. The molecule has 1 N–H and O–H groups in total. The molecule has 3 nitrogen and oxygen atoms in total. The zero-order valence-electron chi connectivity index (χ0n) is 13.3. The second kappa shape index (κ2) is 4.80. The number of amides is 1. The van der Waals surface area contributed by atoms with Crippen molar-refractivity contribution in [3.63, 3.8) is 0 Å². The molecule has 0 bridgehead atoms. The highest BCUT2D eigenvalue weighted by atomic mass is 16.5. The minimum atomic E-state index is -0.383. The minimum Gasteiger partial charge on any atom is -0.487 e. The summed E-state index contributed by atoms with van der Waals surface area (Å²) in [6, 6.07) is 6.17. The number of carbonyl (C=O) groups is 1. The molecule has 1 aromatic carbocycles. The summed E-state index contributed by atoms with van der Waals surface area (Å²) < 4.78 is 6.02. The van der Waals surface area contributed by atoms with Crippen LogP contribution in [0.5, 0.6) is 5.75 Å². The summed E-state index contributed by atoms with van der Waals surface area (Å²) in [5.41, 5.74) is 1.62. The van der Waals surface area contributed by atoms with Gasteiger partial charge < -0.3 is 10.1 Å². The van der Waals surface area contributed by atoms with E-state index in [4.69, 9.17) is 4.74 Å². The molecule has 2 rings (SSSR count). The van der Waals surface area contributed by atoms with E-state index >= 15 is 0 Å². The molecule has 0 aliphatic carbocycles. The lowest BCUT2D eigenvalue weighted by Crippen LogP contribution is -2.44. The van der Waals surface area contributed by atoms with E-state index in [0.29, 0.717) is 0 Å². The highest BCUT2D eigenvalue weighted by Crippen LogP contribution is 2.40. The quantitative estimate of drug-likeness (QED) is 0.847. The number of hydrogen-bond acceptors (Lipinski definition) is 2. The highest BCUT2D eigenvalue weighted by Gasteiger charge is 2.36. The first-order valence-corrected chi connectivity index (χ1v) is 7.19. The van der Waals surface area contributed by atoms with Gasteiger partial charge in [0.25, 0.3) is 0 Å². The van der Waals surface area contributed by atoms with Gasteiger partial charge in [-0.1, -0.05) is 38.5 Å². The second-order valence-electron chi connectivity index (χ2n) is 7.38. The molecule has 0 aromatic heterocycles. The van der Waals surface area contributed by atoms with Gasteiger partial charge in [-0.15, -0.1) is 0 Å². The third kappa shape index (κ3) is 3.14. The lowest BCUT2D eigenvalue weighted by molar-refractivity contribution is -0.129. The van der Waals surface area contributed by atoms with Crippen molar-refractivity contribution in [3.05, 3.63) is 29.3 Å². The number of nitrogens with one attached hydrogen (secondary N) is 1. The van der Waals surface area contributed by atoms with Crippen molar-refractivity contribution >= 4 is 5.91 Å². The molecule has 110 valence electrons. The van der Waals surface area contributed by atoms with Gasteiger partial charge in [0.15, 0.2) is 0 Å². The largest absolute Gasteiger partial charge is 0.487 e. The molecule has 0 saturated heterocycles. The molecular weight excluding hydrogens is 250 g/mol. The molecule has 1 amide bonds. The van der Waals surface area contributed by atoms with Gasteiger partial charge in [-0.25, -0.2) is 0 Å². The van der Waals surface area contributed by atoms with Gasteiger partial charge in [-0.2, -0.15) is 0 Å². The van der Waals surface area contributed by atoms with Crippen LogP contribution in [-0.2, 0) is 4.79 Å². The summed E-state index contributed by atoms with van der Waals surface area (Å²) in [6.45, 7) is 12.0. The zero-order chi connectivity index (χ0) is 15.1. The van der Waals surface area contributed by atoms with Crippen molar-refractivity contribution in [2.45, 2.75) is 59.6 Å². The summed E-state index contributed by atoms with van der Waals surface area (Å²) >= 11 is 0. The Labute approximate surface area is 121 Å². The molecule has 1 aromatic rings. The number of aryl methyl sites for hydroxylation is 1. The molecule has 0 saturated carbocycles. The van der Waals surface area contributed by atoms with Gasteiger partial charge in [-0.05, 0) is 26.8 Å². The lowest BCUT2D eigenvalue weighted by atomic mass is 9.87. The van der Waals surface area contributed by atoms with Gasteiger partial charge in [0, 0.05) is 17.4 Å². The Bertz CT molecular complexity index is 526. The van der Waals surface area contributed by atoms with Crippen molar-refractivity contribution in [1.82, 2.24) is 5.32 Å². The van der Waals surface area contributed by atoms with Crippen LogP contribution in [0, 0.1) is 12.3 Å². The van der Waals surface area contributed by atoms with Crippen LogP contribution in [-0.4, -0.2) is 11.5 Å². The topological polar surface area (TPSA) is 38.3 Å². The van der Waals surface area contributed by atoms with Crippen LogP contribution in [0.2, 0.25) is 0 Å². The number of carbonyl (C=O) groups excluding carboxylic acids is 1. The molecule has 0 unspecified atom stereocenters. The van der Waals surface area contributed by atoms with Crippen LogP contribution in [0.15, 0.2) is 18.2 Å². The van der Waals surface area contributed by atoms with Crippen molar-refractivity contribution < 1.29 is 9.53 Å². The normalized spacial score (nSPS) is 20.8. The number of fused-ring (bicyclic) bond motifs is 1. The van der Waals surface area contributed by atoms with E-state index in [9.17, 15) is 4.79 Å². The molecule has 1 heterocycles.